The van der Waals surface area contributed by atoms with Crippen molar-refractivity contribution in [2.45, 2.75) is 11.1 Å². The van der Waals surface area contributed by atoms with E-state index in [0.29, 0.717) is 10.9 Å². The van der Waals surface area contributed by atoms with Crippen LogP contribution in [0.3, 0.4) is 0 Å². The normalized spacial score (nSPS) is 21.7. The predicted octanol–water partition coefficient (Wildman–Crippen LogP) is 4.05. The number of nitrogens with zero attached hydrogens (tertiary/aromatic N) is 5. The van der Waals surface area contributed by atoms with Gasteiger partial charge in [0.1, 0.15) is 5.92 Å². The molecule has 2 atom stereocenters. The van der Waals surface area contributed by atoms with Crippen molar-refractivity contribution in [1.82, 2.24) is 5.01 Å². The van der Waals surface area contributed by atoms with Crippen LogP contribution in [0.2, 0.25) is 5.02 Å². The van der Waals surface area contributed by atoms with Crippen LogP contribution in [0.25, 0.3) is 0 Å². The molecular weight excluding hydrogens is 358 g/mol. The summed E-state index contributed by atoms with van der Waals surface area (Å²) in [5, 5.41) is 16.6. The zero-order valence-corrected chi connectivity index (χ0v) is 14.6. The van der Waals surface area contributed by atoms with Gasteiger partial charge < -0.3 is 0 Å². The number of rotatable bonds is 4. The van der Waals surface area contributed by atoms with E-state index in [1.54, 1.807) is 11.2 Å². The Balaban J connectivity index is 1.46. The lowest BCUT2D eigenvalue weighted by Crippen LogP contribution is -2.44. The molecule has 8 heteroatoms. The number of thioether (sulfide) groups is 1. The number of carbonyl (C=O) groups excluding carboxylic acids is 1. The van der Waals surface area contributed by atoms with Gasteiger partial charge in [-0.05, 0) is 36.4 Å². The third-order valence-corrected chi connectivity index (χ3v) is 5.16. The molecule has 2 aliphatic rings. The highest BCUT2D eigenvalue weighted by molar-refractivity contribution is 7.99. The fraction of sp³-hybridized carbons (Fsp3) is 0.176. The van der Waals surface area contributed by atoms with Gasteiger partial charge in [-0.25, -0.2) is 10.0 Å². The van der Waals surface area contributed by atoms with Crippen molar-refractivity contribution in [3.63, 3.8) is 0 Å². The van der Waals surface area contributed by atoms with Crippen LogP contribution in [-0.2, 0) is 4.79 Å². The summed E-state index contributed by atoms with van der Waals surface area (Å²) in [6.07, 6.45) is 1.24. The molecule has 2 aromatic carbocycles. The number of hydrogen-bond acceptors (Lipinski definition) is 6. The molecule has 25 heavy (non-hydrogen) atoms. The average molecular weight is 372 g/mol. The van der Waals surface area contributed by atoms with Gasteiger partial charge in [0.2, 0.25) is 0 Å². The number of fused-ring (bicyclic) bond motifs is 1. The molecule has 0 saturated carbocycles. The molecule has 2 aliphatic heterocycles. The maximum Gasteiger partial charge on any atom is 0.257 e. The highest BCUT2D eigenvalue weighted by Crippen LogP contribution is 2.31. The Bertz CT molecular complexity index is 827. The Morgan fingerprint density at radius 3 is 2.60 bits per heavy atom. The van der Waals surface area contributed by atoms with Gasteiger partial charge in [-0.2, -0.15) is 5.10 Å². The van der Waals surface area contributed by atoms with Crippen molar-refractivity contribution in [2.75, 3.05) is 10.9 Å². The maximum atomic E-state index is 12.7. The summed E-state index contributed by atoms with van der Waals surface area (Å²) in [6.45, 7) is 0. The van der Waals surface area contributed by atoms with Gasteiger partial charge in [0.15, 0.2) is 6.17 Å². The molecule has 4 rings (SSSR count). The average Bonchev–Trinajstić information content (AvgIpc) is 3.08. The minimum Gasteiger partial charge on any atom is -0.272 e. The second-order valence-corrected chi connectivity index (χ2v) is 7.01. The van der Waals surface area contributed by atoms with Gasteiger partial charge in [-0.1, -0.05) is 35.0 Å². The van der Waals surface area contributed by atoms with Crippen LogP contribution in [0.5, 0.6) is 0 Å². The first-order valence-corrected chi connectivity index (χ1v) is 9.07. The molecule has 0 aromatic heterocycles. The molecular formula is C17H14ClN5OS. The van der Waals surface area contributed by atoms with Gasteiger partial charge in [-0.3, -0.25) is 4.79 Å². The lowest BCUT2D eigenvalue weighted by molar-refractivity contribution is -0.134. The summed E-state index contributed by atoms with van der Waals surface area (Å²) in [5.74, 6) is -0.112. The first-order valence-electron chi connectivity index (χ1n) is 7.71. The monoisotopic (exact) mass is 371 g/mol. The van der Waals surface area contributed by atoms with E-state index < -0.39 is 12.1 Å². The van der Waals surface area contributed by atoms with Crippen LogP contribution in [-0.4, -0.2) is 29.2 Å². The standard InChI is InChI=1S/C17H14ClN5OS/c18-12-6-8-14(9-7-12)25-11-22-17(24)15-10-19-23(16(15)20-21-22)13-4-2-1-3-5-13/h1-10,15-16H,11H2/t15-,16+/m1/s1. The summed E-state index contributed by atoms with van der Waals surface area (Å²) in [7, 11) is 0. The highest BCUT2D eigenvalue weighted by atomic mass is 35.5. The topological polar surface area (TPSA) is 60.6 Å². The van der Waals surface area contributed by atoms with Crippen molar-refractivity contribution in [3.8, 4) is 0 Å². The summed E-state index contributed by atoms with van der Waals surface area (Å²) in [5.41, 5.74) is 0.891. The zero-order valence-electron chi connectivity index (χ0n) is 13.1. The van der Waals surface area contributed by atoms with Gasteiger partial charge in [0.25, 0.3) is 5.91 Å². The van der Waals surface area contributed by atoms with E-state index in [1.807, 2.05) is 54.6 Å². The van der Waals surface area contributed by atoms with Crippen LogP contribution in [0.1, 0.15) is 0 Å². The summed E-state index contributed by atoms with van der Waals surface area (Å²) >= 11 is 7.39. The minimum absolute atomic E-state index is 0.0938. The molecule has 2 heterocycles. The molecule has 2 aromatic rings. The number of hydrogen-bond donors (Lipinski definition) is 0. The first-order chi connectivity index (χ1) is 12.2. The number of para-hydroxylation sites is 1. The largest absolute Gasteiger partial charge is 0.272 e. The number of halogens is 1. The van der Waals surface area contributed by atoms with Crippen molar-refractivity contribution in [1.29, 1.82) is 0 Å². The fourth-order valence-electron chi connectivity index (χ4n) is 2.64. The molecule has 0 unspecified atom stereocenters. The molecule has 0 aliphatic carbocycles. The van der Waals surface area contributed by atoms with Crippen molar-refractivity contribution < 1.29 is 4.79 Å². The smallest absolute Gasteiger partial charge is 0.257 e. The van der Waals surface area contributed by atoms with E-state index in [-0.39, 0.29) is 5.91 Å². The van der Waals surface area contributed by atoms with E-state index >= 15 is 0 Å². The SMILES string of the molecule is O=C1[C@@H]2C=NN(c3ccccc3)[C@@H]2N=NN1CSc1ccc(Cl)cc1. The molecule has 0 spiro atoms. The number of carbonyl (C=O) groups is 1. The molecule has 126 valence electrons. The van der Waals surface area contributed by atoms with Crippen LogP contribution in [0, 0.1) is 5.92 Å². The molecule has 6 nitrogen and oxygen atoms in total. The number of hydrazone groups is 1. The van der Waals surface area contributed by atoms with E-state index in [0.717, 1.165) is 10.6 Å². The predicted molar refractivity (Wildman–Crippen MR) is 98.6 cm³/mol. The second-order valence-electron chi connectivity index (χ2n) is 5.55. The Kier molecular flexibility index (Phi) is 4.42. The number of anilines is 1. The zero-order chi connectivity index (χ0) is 17.2. The van der Waals surface area contributed by atoms with Crippen molar-refractivity contribution in [2.24, 2.45) is 21.4 Å². The third kappa shape index (κ3) is 3.25. The van der Waals surface area contributed by atoms with E-state index in [9.17, 15) is 4.79 Å². The lowest BCUT2D eigenvalue weighted by atomic mass is 10.1. The Labute approximate surface area is 154 Å². The van der Waals surface area contributed by atoms with Gasteiger partial charge in [0.05, 0.1) is 11.6 Å². The first kappa shape index (κ1) is 16.1. The fourth-order valence-corrected chi connectivity index (χ4v) is 3.55. The molecule has 0 saturated heterocycles. The highest BCUT2D eigenvalue weighted by Gasteiger charge is 2.42. The molecule has 0 fully saturated rings. The molecule has 1 amide bonds. The van der Waals surface area contributed by atoms with Crippen molar-refractivity contribution >= 4 is 41.2 Å². The molecule has 0 radical (unpaired) electrons. The minimum atomic E-state index is -0.413. The van der Waals surface area contributed by atoms with E-state index in [4.69, 9.17) is 11.6 Å². The van der Waals surface area contributed by atoms with Crippen LogP contribution < -0.4 is 5.01 Å². The van der Waals surface area contributed by atoms with Gasteiger partial charge in [0, 0.05) is 16.1 Å². The van der Waals surface area contributed by atoms with Gasteiger partial charge >= 0.3 is 0 Å². The van der Waals surface area contributed by atoms with E-state index in [2.05, 4.69) is 15.4 Å². The quantitative estimate of drug-likeness (QED) is 0.762. The van der Waals surface area contributed by atoms with Crippen LogP contribution >= 0.6 is 23.4 Å². The van der Waals surface area contributed by atoms with Gasteiger partial charge in [-0.15, -0.1) is 16.9 Å². The summed E-state index contributed by atoms with van der Waals surface area (Å²) in [6, 6.07) is 17.1. The molecule has 0 N–H and O–H groups in total. The van der Waals surface area contributed by atoms with Crippen molar-refractivity contribution in [3.05, 3.63) is 59.6 Å². The summed E-state index contributed by atoms with van der Waals surface area (Å²) in [4.78, 5) is 13.7. The Hall–Kier alpha value is -2.38. The molecule has 0 bridgehead atoms. The Morgan fingerprint density at radius 1 is 1.08 bits per heavy atom. The number of benzene rings is 2. The lowest BCUT2D eigenvalue weighted by Gasteiger charge is -2.29. The summed E-state index contributed by atoms with van der Waals surface area (Å²) < 4.78 is 0. The van der Waals surface area contributed by atoms with Crippen LogP contribution in [0.4, 0.5) is 5.69 Å². The van der Waals surface area contributed by atoms with Crippen LogP contribution in [0.15, 0.2) is 74.9 Å². The van der Waals surface area contributed by atoms with E-state index in [1.165, 1.54) is 16.8 Å². The second kappa shape index (κ2) is 6.85. The number of amides is 1. The Morgan fingerprint density at radius 2 is 1.84 bits per heavy atom. The third-order valence-electron chi connectivity index (χ3n) is 3.93. The maximum absolute atomic E-state index is 12.7.